The maximum absolute atomic E-state index is 11.0. The lowest BCUT2D eigenvalue weighted by molar-refractivity contribution is 0.0940. The van der Waals surface area contributed by atoms with E-state index in [1.54, 1.807) is 6.26 Å². The molecule has 0 aromatic rings. The third-order valence-corrected chi connectivity index (χ3v) is 3.32. The number of aliphatic hydroxyl groups is 1. The van der Waals surface area contributed by atoms with E-state index in [0.29, 0.717) is 13.2 Å². The van der Waals surface area contributed by atoms with Crippen LogP contribution in [0.3, 0.4) is 0 Å². The lowest BCUT2D eigenvalue weighted by Crippen LogP contribution is -2.25. The van der Waals surface area contributed by atoms with E-state index in [4.69, 9.17) is 9.84 Å². The summed E-state index contributed by atoms with van der Waals surface area (Å²) in [6, 6.07) is 0. The van der Waals surface area contributed by atoms with Gasteiger partial charge >= 0.3 is 0 Å². The number of hydrogen-bond donors (Lipinski definition) is 2. The molecule has 0 aliphatic rings. The molecule has 0 radical (unpaired) electrons. The third kappa shape index (κ3) is 8.62. The maximum atomic E-state index is 11.0. The van der Waals surface area contributed by atoms with Gasteiger partial charge in [0, 0.05) is 28.9 Å². The van der Waals surface area contributed by atoms with Crippen molar-refractivity contribution in [2.24, 2.45) is 0 Å². The lowest BCUT2D eigenvalue weighted by atomic mass is 10.3. The maximum Gasteiger partial charge on any atom is 0.0698 e. The normalized spacial score (nSPS) is 15.4. The molecule has 2 unspecified atom stereocenters. The zero-order chi connectivity index (χ0) is 10.8. The van der Waals surface area contributed by atoms with Crippen molar-refractivity contribution in [1.82, 2.24) is 5.32 Å². The molecule has 0 aliphatic carbocycles. The van der Waals surface area contributed by atoms with Crippen molar-refractivity contribution in [2.45, 2.75) is 18.6 Å². The van der Waals surface area contributed by atoms with Crippen LogP contribution in [-0.4, -0.2) is 53.7 Å². The van der Waals surface area contributed by atoms with Crippen molar-refractivity contribution in [3.63, 3.8) is 0 Å². The van der Waals surface area contributed by atoms with Gasteiger partial charge in [0.1, 0.15) is 0 Å². The van der Waals surface area contributed by atoms with Gasteiger partial charge in [0.2, 0.25) is 0 Å². The van der Waals surface area contributed by atoms with Gasteiger partial charge in [-0.05, 0) is 13.0 Å². The summed E-state index contributed by atoms with van der Waals surface area (Å²) in [7, 11) is -0.725. The minimum atomic E-state index is -0.725. The predicted molar refractivity (Wildman–Crippen MR) is 58.9 cm³/mol. The van der Waals surface area contributed by atoms with Gasteiger partial charge in [-0.1, -0.05) is 6.92 Å². The van der Waals surface area contributed by atoms with Gasteiger partial charge in [-0.2, -0.15) is 0 Å². The van der Waals surface area contributed by atoms with Crippen LogP contribution in [0.15, 0.2) is 0 Å². The van der Waals surface area contributed by atoms with Crippen LogP contribution in [-0.2, 0) is 15.5 Å². The third-order valence-electron chi connectivity index (χ3n) is 1.95. The molecule has 0 bridgehead atoms. The first-order chi connectivity index (χ1) is 6.68. The quantitative estimate of drug-likeness (QED) is 0.529. The average molecular weight is 223 g/mol. The standard InChI is InChI=1S/C9H21NO3S/c1-9(14(2)12)3-4-10-5-7-13-8-6-11/h9-11H,3-8H2,1-2H3. The van der Waals surface area contributed by atoms with E-state index >= 15 is 0 Å². The lowest BCUT2D eigenvalue weighted by Gasteiger charge is -2.09. The molecule has 0 aliphatic heterocycles. The second kappa shape index (κ2) is 9.58. The number of rotatable bonds is 9. The second-order valence-electron chi connectivity index (χ2n) is 3.18. The highest BCUT2D eigenvalue weighted by Gasteiger charge is 2.04. The van der Waals surface area contributed by atoms with Crippen LogP contribution in [0.1, 0.15) is 13.3 Å². The summed E-state index contributed by atoms with van der Waals surface area (Å²) in [4.78, 5) is 0. The number of nitrogens with one attached hydrogen (secondary N) is 1. The minimum absolute atomic E-state index is 0.0752. The molecule has 0 aromatic heterocycles. The molecule has 14 heavy (non-hydrogen) atoms. The fraction of sp³-hybridized carbons (Fsp3) is 1.00. The molecule has 0 saturated carbocycles. The number of hydrogen-bond acceptors (Lipinski definition) is 4. The van der Waals surface area contributed by atoms with Gasteiger partial charge < -0.3 is 15.2 Å². The predicted octanol–water partition coefficient (Wildman–Crippen LogP) is -0.258. The van der Waals surface area contributed by atoms with Crippen LogP contribution in [0.4, 0.5) is 0 Å². The summed E-state index contributed by atoms with van der Waals surface area (Å²) in [5.74, 6) is 0. The molecule has 0 spiro atoms. The Labute approximate surface area is 88.5 Å². The van der Waals surface area contributed by atoms with Gasteiger partial charge in [0.25, 0.3) is 0 Å². The Morgan fingerprint density at radius 3 is 2.71 bits per heavy atom. The molecule has 2 atom stereocenters. The summed E-state index contributed by atoms with van der Waals surface area (Å²) in [5.41, 5.74) is 0. The van der Waals surface area contributed by atoms with Crippen LogP contribution in [0.5, 0.6) is 0 Å². The SMILES string of the molecule is CC(CCNCCOCCO)S(C)=O. The van der Waals surface area contributed by atoms with E-state index in [9.17, 15) is 4.21 Å². The highest BCUT2D eigenvalue weighted by Crippen LogP contribution is 1.96. The Bertz CT molecular complexity index is 155. The smallest absolute Gasteiger partial charge is 0.0698 e. The minimum Gasteiger partial charge on any atom is -0.394 e. The zero-order valence-corrected chi connectivity index (χ0v) is 9.81. The molecule has 0 rings (SSSR count). The van der Waals surface area contributed by atoms with Crippen LogP contribution < -0.4 is 5.32 Å². The highest BCUT2D eigenvalue weighted by atomic mass is 32.2. The summed E-state index contributed by atoms with van der Waals surface area (Å²) in [5, 5.41) is 11.9. The summed E-state index contributed by atoms with van der Waals surface area (Å²) in [6.07, 6.45) is 2.65. The van der Waals surface area contributed by atoms with E-state index in [1.165, 1.54) is 0 Å². The van der Waals surface area contributed by atoms with E-state index in [0.717, 1.165) is 19.5 Å². The molecule has 0 amide bonds. The Morgan fingerprint density at radius 1 is 1.43 bits per heavy atom. The molecule has 2 N–H and O–H groups in total. The summed E-state index contributed by atoms with van der Waals surface area (Å²) in [6.45, 7) is 4.72. The Hall–Kier alpha value is 0.0300. The highest BCUT2D eigenvalue weighted by molar-refractivity contribution is 7.84. The van der Waals surface area contributed by atoms with Gasteiger partial charge in [-0.3, -0.25) is 4.21 Å². The van der Waals surface area contributed by atoms with E-state index < -0.39 is 10.8 Å². The first-order valence-electron chi connectivity index (χ1n) is 4.90. The molecular weight excluding hydrogens is 202 g/mol. The van der Waals surface area contributed by atoms with Crippen LogP contribution in [0.25, 0.3) is 0 Å². The van der Waals surface area contributed by atoms with Crippen molar-refractivity contribution in [3.8, 4) is 0 Å². The fourth-order valence-electron chi connectivity index (χ4n) is 0.907. The average Bonchev–Trinajstić information content (AvgIpc) is 2.16. The van der Waals surface area contributed by atoms with Crippen LogP contribution in [0.2, 0.25) is 0 Å². The molecule has 4 nitrogen and oxygen atoms in total. The monoisotopic (exact) mass is 223 g/mol. The molecule has 5 heteroatoms. The Kier molecular flexibility index (Phi) is 9.60. The van der Waals surface area contributed by atoms with Gasteiger partial charge in [0.05, 0.1) is 19.8 Å². The van der Waals surface area contributed by atoms with E-state index in [1.807, 2.05) is 6.92 Å². The van der Waals surface area contributed by atoms with Gasteiger partial charge in [-0.15, -0.1) is 0 Å². The summed E-state index contributed by atoms with van der Waals surface area (Å²) < 4.78 is 16.0. The van der Waals surface area contributed by atoms with Crippen LogP contribution in [0, 0.1) is 0 Å². The molecule has 0 aromatic carbocycles. The second-order valence-corrected chi connectivity index (χ2v) is 4.99. The number of aliphatic hydroxyl groups excluding tert-OH is 1. The van der Waals surface area contributed by atoms with E-state index in [-0.39, 0.29) is 11.9 Å². The Morgan fingerprint density at radius 2 is 2.14 bits per heavy atom. The molecule has 0 saturated heterocycles. The molecular formula is C9H21NO3S. The largest absolute Gasteiger partial charge is 0.394 e. The van der Waals surface area contributed by atoms with Crippen molar-refractivity contribution < 1.29 is 14.1 Å². The van der Waals surface area contributed by atoms with Gasteiger partial charge in [-0.25, -0.2) is 0 Å². The fourth-order valence-corrected chi connectivity index (χ4v) is 1.36. The van der Waals surface area contributed by atoms with E-state index in [2.05, 4.69) is 5.32 Å². The van der Waals surface area contributed by atoms with Crippen molar-refractivity contribution in [2.75, 3.05) is 39.2 Å². The zero-order valence-electron chi connectivity index (χ0n) is 8.99. The van der Waals surface area contributed by atoms with Crippen molar-refractivity contribution in [1.29, 1.82) is 0 Å². The first-order valence-corrected chi connectivity index (χ1v) is 6.52. The molecule has 0 heterocycles. The van der Waals surface area contributed by atoms with Crippen molar-refractivity contribution >= 4 is 10.8 Å². The number of ether oxygens (including phenoxy) is 1. The summed E-state index contributed by atoms with van der Waals surface area (Å²) >= 11 is 0. The Balaban J connectivity index is 3.09. The topological polar surface area (TPSA) is 58.6 Å². The van der Waals surface area contributed by atoms with Gasteiger partial charge in [0.15, 0.2) is 0 Å². The first kappa shape index (κ1) is 14.0. The van der Waals surface area contributed by atoms with Crippen molar-refractivity contribution in [3.05, 3.63) is 0 Å². The molecule has 86 valence electrons. The van der Waals surface area contributed by atoms with Crippen LogP contribution >= 0.6 is 0 Å². The molecule has 0 fully saturated rings.